The fraction of sp³-hybridized carbons (Fsp3) is 0.312. The Morgan fingerprint density at radius 3 is 3.00 bits per heavy atom. The highest BCUT2D eigenvalue weighted by Crippen LogP contribution is 2.34. The molecular formula is C16H17N5OS. The van der Waals surface area contributed by atoms with E-state index in [1.54, 1.807) is 11.3 Å². The van der Waals surface area contributed by atoms with Crippen LogP contribution in [0.15, 0.2) is 30.5 Å². The fourth-order valence-corrected chi connectivity index (χ4v) is 3.51. The molecule has 1 saturated carbocycles. The molecule has 1 aliphatic carbocycles. The SMILES string of the molecule is CC(=O)Nc1cccc(-c2cnc3sc(N(C)C4CC4)nn23)c1. The summed E-state index contributed by atoms with van der Waals surface area (Å²) in [6.45, 7) is 1.50. The van der Waals surface area contributed by atoms with Gasteiger partial charge in [0.15, 0.2) is 0 Å². The third-order valence-electron chi connectivity index (χ3n) is 3.95. The molecule has 0 atom stereocenters. The highest BCUT2D eigenvalue weighted by molar-refractivity contribution is 7.20. The molecule has 118 valence electrons. The molecule has 2 aromatic heterocycles. The van der Waals surface area contributed by atoms with Crippen molar-refractivity contribution < 1.29 is 4.79 Å². The zero-order chi connectivity index (χ0) is 16.0. The molecule has 7 heteroatoms. The molecule has 0 aliphatic heterocycles. The van der Waals surface area contributed by atoms with Crippen LogP contribution in [0.4, 0.5) is 10.8 Å². The predicted molar refractivity (Wildman–Crippen MR) is 92.0 cm³/mol. The van der Waals surface area contributed by atoms with Crippen molar-refractivity contribution in [3.05, 3.63) is 30.5 Å². The van der Waals surface area contributed by atoms with E-state index in [1.807, 2.05) is 35.0 Å². The van der Waals surface area contributed by atoms with Gasteiger partial charge in [0.05, 0.1) is 11.9 Å². The summed E-state index contributed by atoms with van der Waals surface area (Å²) >= 11 is 1.60. The van der Waals surface area contributed by atoms with Gasteiger partial charge in [-0.2, -0.15) is 0 Å². The van der Waals surface area contributed by atoms with Gasteiger partial charge >= 0.3 is 0 Å². The lowest BCUT2D eigenvalue weighted by Crippen LogP contribution is -2.19. The molecule has 0 bridgehead atoms. The van der Waals surface area contributed by atoms with Gasteiger partial charge in [-0.25, -0.2) is 9.50 Å². The number of imidazole rings is 1. The second-order valence-electron chi connectivity index (χ2n) is 5.83. The van der Waals surface area contributed by atoms with Crippen LogP contribution in [0.5, 0.6) is 0 Å². The molecule has 3 aromatic rings. The molecule has 1 aliphatic rings. The van der Waals surface area contributed by atoms with E-state index in [2.05, 4.69) is 22.2 Å². The third-order valence-corrected chi connectivity index (χ3v) is 4.96. The number of fused-ring (bicyclic) bond motifs is 1. The number of amides is 1. The zero-order valence-corrected chi connectivity index (χ0v) is 13.8. The molecule has 1 amide bonds. The highest BCUT2D eigenvalue weighted by atomic mass is 32.1. The van der Waals surface area contributed by atoms with Gasteiger partial charge in [0.1, 0.15) is 0 Å². The molecule has 1 fully saturated rings. The second-order valence-corrected chi connectivity index (χ2v) is 6.76. The summed E-state index contributed by atoms with van der Waals surface area (Å²) in [6, 6.07) is 8.35. The molecule has 0 radical (unpaired) electrons. The maximum Gasteiger partial charge on any atom is 0.221 e. The average molecular weight is 327 g/mol. The number of hydrogen-bond acceptors (Lipinski definition) is 5. The zero-order valence-electron chi connectivity index (χ0n) is 13.0. The standard InChI is InChI=1S/C16H17N5OS/c1-10(22)18-12-5-3-4-11(8-12)14-9-17-15-21(14)19-16(23-15)20(2)13-6-7-13/h3-5,8-9,13H,6-7H2,1-2H3,(H,18,22). The summed E-state index contributed by atoms with van der Waals surface area (Å²) in [4.78, 5) is 18.8. The number of nitrogens with one attached hydrogen (secondary N) is 1. The van der Waals surface area contributed by atoms with E-state index in [-0.39, 0.29) is 5.91 Å². The normalized spacial score (nSPS) is 14.2. The lowest BCUT2D eigenvalue weighted by atomic mass is 10.1. The monoisotopic (exact) mass is 327 g/mol. The van der Waals surface area contributed by atoms with Gasteiger partial charge in [-0.05, 0) is 25.0 Å². The van der Waals surface area contributed by atoms with Crippen LogP contribution in [0, 0.1) is 0 Å². The summed E-state index contributed by atoms with van der Waals surface area (Å²) in [7, 11) is 2.09. The van der Waals surface area contributed by atoms with Gasteiger partial charge in [-0.3, -0.25) is 4.79 Å². The van der Waals surface area contributed by atoms with Gasteiger partial charge in [0, 0.05) is 31.3 Å². The first-order valence-electron chi connectivity index (χ1n) is 7.57. The minimum Gasteiger partial charge on any atom is -0.347 e. The summed E-state index contributed by atoms with van der Waals surface area (Å²) < 4.78 is 1.88. The lowest BCUT2D eigenvalue weighted by Gasteiger charge is -2.12. The number of aromatic nitrogens is 3. The van der Waals surface area contributed by atoms with E-state index in [4.69, 9.17) is 5.10 Å². The molecule has 0 unspecified atom stereocenters. The first-order chi connectivity index (χ1) is 11.1. The van der Waals surface area contributed by atoms with Crippen LogP contribution >= 0.6 is 11.3 Å². The molecule has 0 saturated heterocycles. The van der Waals surface area contributed by atoms with Crippen molar-refractivity contribution in [3.8, 4) is 11.3 Å². The van der Waals surface area contributed by atoms with Crippen molar-refractivity contribution in [1.82, 2.24) is 14.6 Å². The number of hydrogen-bond donors (Lipinski definition) is 1. The first kappa shape index (κ1) is 14.2. The van der Waals surface area contributed by atoms with Crippen LogP contribution in [-0.2, 0) is 4.79 Å². The van der Waals surface area contributed by atoms with E-state index in [9.17, 15) is 4.79 Å². The van der Waals surface area contributed by atoms with Gasteiger partial charge in [-0.15, -0.1) is 5.10 Å². The second kappa shape index (κ2) is 5.34. The molecule has 1 aromatic carbocycles. The van der Waals surface area contributed by atoms with E-state index in [0.717, 1.165) is 27.0 Å². The number of nitrogens with zero attached hydrogens (tertiary/aromatic N) is 4. The summed E-state index contributed by atoms with van der Waals surface area (Å²) in [5.74, 6) is -0.0809. The lowest BCUT2D eigenvalue weighted by molar-refractivity contribution is -0.114. The average Bonchev–Trinajstić information content (AvgIpc) is 3.15. The van der Waals surface area contributed by atoms with Crippen molar-refractivity contribution in [3.63, 3.8) is 0 Å². The summed E-state index contributed by atoms with van der Waals surface area (Å²) in [5, 5.41) is 8.51. The van der Waals surface area contributed by atoms with Crippen molar-refractivity contribution in [1.29, 1.82) is 0 Å². The van der Waals surface area contributed by atoms with Gasteiger partial charge in [-0.1, -0.05) is 23.5 Å². The molecule has 6 nitrogen and oxygen atoms in total. The quantitative estimate of drug-likeness (QED) is 0.800. The van der Waals surface area contributed by atoms with Crippen molar-refractivity contribution in [2.24, 2.45) is 0 Å². The molecular weight excluding hydrogens is 310 g/mol. The van der Waals surface area contributed by atoms with Gasteiger partial charge in [0.2, 0.25) is 16.0 Å². The maximum atomic E-state index is 11.2. The summed E-state index contributed by atoms with van der Waals surface area (Å²) in [6.07, 6.45) is 4.31. The van der Waals surface area contributed by atoms with Crippen LogP contribution in [0.2, 0.25) is 0 Å². The number of carbonyl (C=O) groups is 1. The minimum absolute atomic E-state index is 0.0809. The Kier molecular flexibility index (Phi) is 3.30. The number of rotatable bonds is 4. The Hall–Kier alpha value is -2.41. The van der Waals surface area contributed by atoms with Gasteiger partial charge in [0.25, 0.3) is 0 Å². The largest absolute Gasteiger partial charge is 0.347 e. The summed E-state index contributed by atoms with van der Waals surface area (Å²) in [5.41, 5.74) is 2.68. The van der Waals surface area contributed by atoms with E-state index < -0.39 is 0 Å². The smallest absolute Gasteiger partial charge is 0.221 e. The van der Waals surface area contributed by atoms with Crippen LogP contribution < -0.4 is 10.2 Å². The first-order valence-corrected chi connectivity index (χ1v) is 8.39. The van der Waals surface area contributed by atoms with E-state index >= 15 is 0 Å². The molecule has 4 rings (SSSR count). The molecule has 1 N–H and O–H groups in total. The minimum atomic E-state index is -0.0809. The van der Waals surface area contributed by atoms with Crippen molar-refractivity contribution in [2.75, 3.05) is 17.3 Å². The molecule has 0 spiro atoms. The topological polar surface area (TPSA) is 62.5 Å². The number of benzene rings is 1. The van der Waals surface area contributed by atoms with Crippen LogP contribution in [-0.4, -0.2) is 33.6 Å². The van der Waals surface area contributed by atoms with E-state index in [1.165, 1.54) is 19.8 Å². The fourth-order valence-electron chi connectivity index (χ4n) is 2.60. The van der Waals surface area contributed by atoms with Crippen LogP contribution in [0.1, 0.15) is 19.8 Å². The Morgan fingerprint density at radius 1 is 1.43 bits per heavy atom. The van der Waals surface area contributed by atoms with Crippen LogP contribution in [0.25, 0.3) is 16.2 Å². The highest BCUT2D eigenvalue weighted by Gasteiger charge is 2.28. The Bertz CT molecular complexity index is 880. The predicted octanol–water partition coefficient (Wildman–Crippen LogP) is 3.01. The number of anilines is 2. The van der Waals surface area contributed by atoms with Crippen molar-refractivity contribution >= 4 is 33.0 Å². The molecule has 23 heavy (non-hydrogen) atoms. The van der Waals surface area contributed by atoms with Crippen LogP contribution in [0.3, 0.4) is 0 Å². The third kappa shape index (κ3) is 2.68. The maximum absolute atomic E-state index is 11.2. The Balaban J connectivity index is 1.72. The Morgan fingerprint density at radius 2 is 2.26 bits per heavy atom. The Labute approximate surface area is 137 Å². The molecule has 2 heterocycles. The van der Waals surface area contributed by atoms with Gasteiger partial charge < -0.3 is 10.2 Å². The number of carbonyl (C=O) groups excluding carboxylic acids is 1. The van der Waals surface area contributed by atoms with E-state index in [0.29, 0.717) is 6.04 Å². The van der Waals surface area contributed by atoms with Crippen molar-refractivity contribution in [2.45, 2.75) is 25.8 Å².